The Morgan fingerprint density at radius 1 is 1.18 bits per heavy atom. The summed E-state index contributed by atoms with van der Waals surface area (Å²) in [6, 6.07) is 7.15. The van der Waals surface area contributed by atoms with Gasteiger partial charge in [-0.3, -0.25) is 0 Å². The predicted molar refractivity (Wildman–Crippen MR) is 86.9 cm³/mol. The monoisotopic (exact) mass is 322 g/mol. The Balaban J connectivity index is 2.11. The summed E-state index contributed by atoms with van der Waals surface area (Å²) in [7, 11) is -2.12. The fourth-order valence-electron chi connectivity index (χ4n) is 2.43. The minimum absolute atomic E-state index is 0.178. The van der Waals surface area contributed by atoms with Crippen LogP contribution in [0.3, 0.4) is 0 Å². The van der Waals surface area contributed by atoms with Crippen molar-refractivity contribution in [3.63, 3.8) is 0 Å². The van der Waals surface area contributed by atoms with Gasteiger partial charge in [-0.15, -0.1) is 0 Å². The van der Waals surface area contributed by atoms with E-state index < -0.39 is 10.0 Å². The Kier molecular flexibility index (Phi) is 4.93. The van der Waals surface area contributed by atoms with E-state index in [0.717, 1.165) is 22.5 Å². The van der Waals surface area contributed by atoms with E-state index in [-0.39, 0.29) is 4.90 Å². The van der Waals surface area contributed by atoms with Crippen LogP contribution in [-0.2, 0) is 16.4 Å². The van der Waals surface area contributed by atoms with Gasteiger partial charge in [0, 0.05) is 17.9 Å². The minimum Gasteiger partial charge on any atom is -0.495 e. The van der Waals surface area contributed by atoms with E-state index in [1.165, 1.54) is 7.11 Å². The summed E-state index contributed by atoms with van der Waals surface area (Å²) in [5, 5.41) is 0. The van der Waals surface area contributed by atoms with E-state index in [1.807, 2.05) is 32.9 Å². The summed E-state index contributed by atoms with van der Waals surface area (Å²) >= 11 is 0. The Morgan fingerprint density at radius 2 is 1.91 bits per heavy atom. The van der Waals surface area contributed by atoms with E-state index in [2.05, 4.69) is 9.71 Å². The first-order valence-electron chi connectivity index (χ1n) is 7.13. The molecule has 120 valence electrons. The number of sulfonamides is 1. The molecule has 0 spiro atoms. The number of aromatic nitrogens is 1. The summed E-state index contributed by atoms with van der Waals surface area (Å²) in [5.41, 5.74) is 4.15. The molecule has 0 aliphatic rings. The zero-order valence-corrected chi connectivity index (χ0v) is 14.2. The molecule has 0 unspecified atom stereocenters. The van der Waals surface area contributed by atoms with Crippen LogP contribution < -0.4 is 9.46 Å². The fraction of sp³-hybridized carbons (Fsp3) is 0.375. The third kappa shape index (κ3) is 3.69. The SMILES string of the molecule is COc1ccc(C)cc1S(=O)(=O)NCCc1cc(C)[nH]c1C. The molecule has 0 saturated carbocycles. The van der Waals surface area contributed by atoms with Crippen LogP contribution in [0.5, 0.6) is 5.75 Å². The number of aromatic amines is 1. The normalized spacial score (nSPS) is 11.6. The number of hydrogen-bond acceptors (Lipinski definition) is 3. The number of rotatable bonds is 6. The molecule has 1 heterocycles. The molecule has 0 aliphatic carbocycles. The second kappa shape index (κ2) is 6.54. The van der Waals surface area contributed by atoms with E-state index in [4.69, 9.17) is 4.74 Å². The van der Waals surface area contributed by atoms with E-state index in [9.17, 15) is 8.42 Å². The lowest BCUT2D eigenvalue weighted by atomic mass is 10.2. The number of hydrogen-bond donors (Lipinski definition) is 2. The van der Waals surface area contributed by atoms with E-state index in [0.29, 0.717) is 18.7 Å². The number of ether oxygens (including phenoxy) is 1. The molecule has 1 aromatic carbocycles. The lowest BCUT2D eigenvalue weighted by Gasteiger charge is -2.11. The Labute approximate surface area is 131 Å². The first-order chi connectivity index (χ1) is 10.3. The predicted octanol–water partition coefficient (Wildman–Crippen LogP) is 2.47. The maximum atomic E-state index is 12.4. The smallest absolute Gasteiger partial charge is 0.244 e. The van der Waals surface area contributed by atoms with Crippen molar-refractivity contribution in [2.24, 2.45) is 0 Å². The van der Waals surface area contributed by atoms with Gasteiger partial charge in [-0.1, -0.05) is 6.07 Å². The molecule has 6 heteroatoms. The molecule has 5 nitrogen and oxygen atoms in total. The highest BCUT2D eigenvalue weighted by atomic mass is 32.2. The number of aryl methyl sites for hydroxylation is 3. The molecule has 0 fully saturated rings. The van der Waals surface area contributed by atoms with Crippen LogP contribution in [0.25, 0.3) is 0 Å². The molecule has 1 aromatic heterocycles. The second-order valence-corrected chi connectivity index (χ2v) is 7.14. The van der Waals surface area contributed by atoms with Gasteiger partial charge in [0.05, 0.1) is 7.11 Å². The Morgan fingerprint density at radius 3 is 2.50 bits per heavy atom. The first-order valence-corrected chi connectivity index (χ1v) is 8.61. The van der Waals surface area contributed by atoms with Gasteiger partial charge in [-0.25, -0.2) is 13.1 Å². The molecule has 2 N–H and O–H groups in total. The van der Waals surface area contributed by atoms with Gasteiger partial charge in [-0.2, -0.15) is 0 Å². The van der Waals surface area contributed by atoms with Crippen LogP contribution in [0.15, 0.2) is 29.2 Å². The highest BCUT2D eigenvalue weighted by Gasteiger charge is 2.19. The van der Waals surface area contributed by atoms with E-state index in [1.54, 1.807) is 12.1 Å². The zero-order valence-electron chi connectivity index (χ0n) is 13.4. The Bertz CT molecular complexity index is 764. The molecule has 0 atom stereocenters. The van der Waals surface area contributed by atoms with Crippen molar-refractivity contribution in [3.8, 4) is 5.75 Å². The van der Waals surface area contributed by atoms with Crippen LogP contribution in [0.2, 0.25) is 0 Å². The third-order valence-corrected chi connectivity index (χ3v) is 5.03. The van der Waals surface area contributed by atoms with Gasteiger partial charge in [-0.05, 0) is 56.5 Å². The average Bonchev–Trinajstić information content (AvgIpc) is 2.77. The van der Waals surface area contributed by atoms with Crippen LogP contribution in [0.4, 0.5) is 0 Å². The second-order valence-electron chi connectivity index (χ2n) is 5.40. The van der Waals surface area contributed by atoms with Crippen LogP contribution in [0, 0.1) is 20.8 Å². The van der Waals surface area contributed by atoms with E-state index >= 15 is 0 Å². The first kappa shape index (κ1) is 16.6. The van der Waals surface area contributed by atoms with Gasteiger partial charge in [0.15, 0.2) is 0 Å². The van der Waals surface area contributed by atoms with Gasteiger partial charge in [0.25, 0.3) is 0 Å². The molecule has 2 rings (SSSR count). The maximum Gasteiger partial charge on any atom is 0.244 e. The van der Waals surface area contributed by atoms with Crippen molar-refractivity contribution in [1.82, 2.24) is 9.71 Å². The van der Waals surface area contributed by atoms with Crippen LogP contribution in [0.1, 0.15) is 22.5 Å². The third-order valence-electron chi connectivity index (χ3n) is 3.55. The molecule has 0 amide bonds. The van der Waals surface area contributed by atoms with Crippen molar-refractivity contribution in [3.05, 3.63) is 46.8 Å². The van der Waals surface area contributed by atoms with Crippen LogP contribution >= 0.6 is 0 Å². The average molecular weight is 322 g/mol. The highest BCUT2D eigenvalue weighted by molar-refractivity contribution is 7.89. The summed E-state index contributed by atoms with van der Waals surface area (Å²) in [4.78, 5) is 3.39. The standard InChI is InChI=1S/C16H22N2O3S/c1-11-5-6-15(21-4)16(9-11)22(19,20)17-8-7-14-10-12(2)18-13(14)3/h5-6,9-10,17-18H,7-8H2,1-4H3. The maximum absolute atomic E-state index is 12.4. The molecule has 22 heavy (non-hydrogen) atoms. The molecule has 0 saturated heterocycles. The zero-order chi connectivity index (χ0) is 16.3. The molecule has 0 aliphatic heterocycles. The lowest BCUT2D eigenvalue weighted by Crippen LogP contribution is -2.26. The number of H-pyrrole nitrogens is 1. The fourth-order valence-corrected chi connectivity index (χ4v) is 3.72. The molecule has 0 bridgehead atoms. The van der Waals surface area contributed by atoms with Crippen LogP contribution in [-0.4, -0.2) is 27.1 Å². The molecule has 0 radical (unpaired) electrons. The van der Waals surface area contributed by atoms with Crippen molar-refractivity contribution in [1.29, 1.82) is 0 Å². The van der Waals surface area contributed by atoms with Crippen molar-refractivity contribution in [2.75, 3.05) is 13.7 Å². The molecular weight excluding hydrogens is 300 g/mol. The lowest BCUT2D eigenvalue weighted by molar-refractivity contribution is 0.402. The van der Waals surface area contributed by atoms with Gasteiger partial charge in [0.1, 0.15) is 10.6 Å². The quantitative estimate of drug-likeness (QED) is 0.858. The largest absolute Gasteiger partial charge is 0.495 e. The minimum atomic E-state index is -3.59. The summed E-state index contributed by atoms with van der Waals surface area (Å²) < 4.78 is 32.7. The number of nitrogens with one attached hydrogen (secondary N) is 2. The summed E-state index contributed by atoms with van der Waals surface area (Å²) in [5.74, 6) is 0.353. The van der Waals surface area contributed by atoms with Gasteiger partial charge < -0.3 is 9.72 Å². The topological polar surface area (TPSA) is 71.2 Å². The van der Waals surface area contributed by atoms with Crippen molar-refractivity contribution < 1.29 is 13.2 Å². The molecular formula is C16H22N2O3S. The molecule has 2 aromatic rings. The van der Waals surface area contributed by atoms with Crippen molar-refractivity contribution >= 4 is 10.0 Å². The highest BCUT2D eigenvalue weighted by Crippen LogP contribution is 2.24. The van der Waals surface area contributed by atoms with Crippen molar-refractivity contribution in [2.45, 2.75) is 32.1 Å². The number of benzene rings is 1. The van der Waals surface area contributed by atoms with Gasteiger partial charge in [0.2, 0.25) is 10.0 Å². The van der Waals surface area contributed by atoms with Gasteiger partial charge >= 0.3 is 0 Å². The summed E-state index contributed by atoms with van der Waals surface area (Å²) in [6.45, 7) is 6.17. The Hall–Kier alpha value is -1.79. The summed E-state index contributed by atoms with van der Waals surface area (Å²) in [6.07, 6.45) is 0.642. The number of methoxy groups -OCH3 is 1.